The van der Waals surface area contributed by atoms with Crippen molar-refractivity contribution in [2.24, 2.45) is 5.92 Å². The molecule has 1 atom stereocenters. The Kier molecular flexibility index (Phi) is 9.54. The lowest BCUT2D eigenvalue weighted by Gasteiger charge is -2.35. The summed E-state index contributed by atoms with van der Waals surface area (Å²) in [6, 6.07) is 4.92. The first-order valence-corrected chi connectivity index (χ1v) is 6.85. The first-order chi connectivity index (χ1) is 8.27. The third-order valence-electron chi connectivity index (χ3n) is 3.59. The number of nitrogens with zero attached hydrogens (tertiary/aromatic N) is 1. The smallest absolute Gasteiger partial charge is 0.0499 e. The Balaban J connectivity index is 0.00000162. The van der Waals surface area contributed by atoms with Crippen LogP contribution in [0.5, 0.6) is 0 Å². The molecule has 0 unspecified atom stereocenters. The van der Waals surface area contributed by atoms with E-state index in [9.17, 15) is 0 Å². The molecule has 2 heterocycles. The molecule has 2 N–H and O–H groups in total. The van der Waals surface area contributed by atoms with E-state index in [1.54, 1.807) is 0 Å². The molecule has 112 valence electrons. The molecule has 19 heavy (non-hydrogen) atoms. The van der Waals surface area contributed by atoms with Gasteiger partial charge in [0.15, 0.2) is 0 Å². The van der Waals surface area contributed by atoms with Crippen LogP contribution in [0.1, 0.15) is 38.4 Å². The van der Waals surface area contributed by atoms with Gasteiger partial charge in [-0.1, -0.05) is 13.8 Å². The van der Waals surface area contributed by atoms with Gasteiger partial charge in [-0.3, -0.25) is 4.90 Å². The average Bonchev–Trinajstić information content (AvgIpc) is 2.84. The van der Waals surface area contributed by atoms with Crippen LogP contribution in [-0.4, -0.2) is 36.1 Å². The second-order valence-corrected chi connectivity index (χ2v) is 5.40. The molecule has 2 rings (SSSR count). The summed E-state index contributed by atoms with van der Waals surface area (Å²) in [5, 5.41) is 3.43. The van der Waals surface area contributed by atoms with Crippen molar-refractivity contribution in [1.82, 2.24) is 15.2 Å². The molecule has 0 aromatic carbocycles. The molecule has 1 fully saturated rings. The Morgan fingerprint density at radius 2 is 1.84 bits per heavy atom. The number of hydrogen-bond donors (Lipinski definition) is 2. The van der Waals surface area contributed by atoms with Gasteiger partial charge in [-0.25, -0.2) is 0 Å². The number of halogens is 2. The van der Waals surface area contributed by atoms with E-state index in [1.165, 1.54) is 31.6 Å². The van der Waals surface area contributed by atoms with E-state index in [4.69, 9.17) is 0 Å². The molecular weight excluding hydrogens is 281 g/mol. The van der Waals surface area contributed by atoms with Crippen LogP contribution in [0, 0.1) is 5.92 Å². The molecule has 0 saturated carbocycles. The van der Waals surface area contributed by atoms with Gasteiger partial charge in [-0.05, 0) is 30.9 Å². The molecule has 0 spiro atoms. The van der Waals surface area contributed by atoms with Crippen molar-refractivity contribution >= 4 is 24.8 Å². The number of H-pyrrole nitrogens is 1. The minimum absolute atomic E-state index is 0. The summed E-state index contributed by atoms with van der Waals surface area (Å²) < 4.78 is 0. The highest BCUT2D eigenvalue weighted by Gasteiger charge is 2.22. The van der Waals surface area contributed by atoms with Gasteiger partial charge in [0.25, 0.3) is 0 Å². The zero-order valence-corrected chi connectivity index (χ0v) is 13.5. The first kappa shape index (κ1) is 18.8. The monoisotopic (exact) mass is 307 g/mol. The van der Waals surface area contributed by atoms with Crippen molar-refractivity contribution in [2.75, 3.05) is 26.2 Å². The lowest BCUT2D eigenvalue weighted by atomic mass is 9.99. The maximum atomic E-state index is 3.43. The van der Waals surface area contributed by atoms with Crippen LogP contribution in [0.15, 0.2) is 18.3 Å². The fraction of sp³-hybridized carbons (Fsp3) is 0.714. The minimum atomic E-state index is 0. The third-order valence-corrected chi connectivity index (χ3v) is 3.59. The third kappa shape index (κ3) is 5.74. The Labute approximate surface area is 129 Å². The van der Waals surface area contributed by atoms with Crippen molar-refractivity contribution in [1.29, 1.82) is 0 Å². The Morgan fingerprint density at radius 3 is 2.37 bits per heavy atom. The second-order valence-electron chi connectivity index (χ2n) is 5.40. The Bertz CT molecular complexity index is 309. The maximum absolute atomic E-state index is 3.43. The molecule has 1 aromatic rings. The minimum Gasteiger partial charge on any atom is -0.364 e. The number of piperazine rings is 1. The van der Waals surface area contributed by atoms with Crippen LogP contribution in [-0.2, 0) is 0 Å². The molecule has 1 aliphatic heterocycles. The van der Waals surface area contributed by atoms with Gasteiger partial charge in [0.2, 0.25) is 0 Å². The zero-order valence-electron chi connectivity index (χ0n) is 11.9. The number of rotatable bonds is 5. The first-order valence-electron chi connectivity index (χ1n) is 6.85. The quantitative estimate of drug-likeness (QED) is 0.875. The van der Waals surface area contributed by atoms with Gasteiger partial charge >= 0.3 is 0 Å². The van der Waals surface area contributed by atoms with Crippen LogP contribution in [0.4, 0.5) is 0 Å². The Hall–Kier alpha value is -0.220. The SMILES string of the molecule is CC(C)CC[C@@H](c1ccc[nH]1)N1CCNCC1.Cl.Cl. The fourth-order valence-corrected chi connectivity index (χ4v) is 2.57. The van der Waals surface area contributed by atoms with Gasteiger partial charge in [-0.2, -0.15) is 0 Å². The molecule has 3 nitrogen and oxygen atoms in total. The number of nitrogens with one attached hydrogen (secondary N) is 2. The number of hydrogen-bond acceptors (Lipinski definition) is 2. The van der Waals surface area contributed by atoms with Gasteiger partial charge in [0.05, 0.1) is 0 Å². The van der Waals surface area contributed by atoms with E-state index in [0.717, 1.165) is 19.0 Å². The summed E-state index contributed by atoms with van der Waals surface area (Å²) in [6.07, 6.45) is 4.60. The second kappa shape index (κ2) is 9.65. The lowest BCUT2D eigenvalue weighted by molar-refractivity contribution is 0.157. The van der Waals surface area contributed by atoms with Gasteiger partial charge in [-0.15, -0.1) is 24.8 Å². The molecule has 0 radical (unpaired) electrons. The van der Waals surface area contributed by atoms with Crippen molar-refractivity contribution in [3.8, 4) is 0 Å². The summed E-state index contributed by atoms with van der Waals surface area (Å²) in [7, 11) is 0. The molecule has 5 heteroatoms. The fourth-order valence-electron chi connectivity index (χ4n) is 2.57. The van der Waals surface area contributed by atoms with E-state index >= 15 is 0 Å². The van der Waals surface area contributed by atoms with Gasteiger partial charge in [0.1, 0.15) is 0 Å². The largest absolute Gasteiger partial charge is 0.364 e. The van der Waals surface area contributed by atoms with Crippen molar-refractivity contribution in [3.63, 3.8) is 0 Å². The topological polar surface area (TPSA) is 31.1 Å². The zero-order chi connectivity index (χ0) is 12.1. The van der Waals surface area contributed by atoms with E-state index in [0.29, 0.717) is 6.04 Å². The molecular formula is C14H27Cl2N3. The van der Waals surface area contributed by atoms with Gasteiger partial charge in [0, 0.05) is 44.1 Å². The highest BCUT2D eigenvalue weighted by atomic mass is 35.5. The highest BCUT2D eigenvalue weighted by Crippen LogP contribution is 2.26. The molecule has 0 bridgehead atoms. The van der Waals surface area contributed by atoms with Crippen molar-refractivity contribution in [2.45, 2.75) is 32.7 Å². The summed E-state index contributed by atoms with van der Waals surface area (Å²) in [6.45, 7) is 9.20. The van der Waals surface area contributed by atoms with Crippen molar-refractivity contribution < 1.29 is 0 Å². The molecule has 1 saturated heterocycles. The number of aromatic nitrogens is 1. The van der Waals surface area contributed by atoms with E-state index in [2.05, 4.69) is 41.2 Å². The molecule has 0 aliphatic carbocycles. The Morgan fingerprint density at radius 1 is 1.16 bits per heavy atom. The van der Waals surface area contributed by atoms with Crippen molar-refractivity contribution in [3.05, 3.63) is 24.0 Å². The van der Waals surface area contributed by atoms with Crippen LogP contribution in [0.3, 0.4) is 0 Å². The van der Waals surface area contributed by atoms with Crippen LogP contribution in [0.2, 0.25) is 0 Å². The predicted molar refractivity (Wildman–Crippen MR) is 86.5 cm³/mol. The summed E-state index contributed by atoms with van der Waals surface area (Å²) in [4.78, 5) is 6.01. The standard InChI is InChI=1S/C14H25N3.2ClH/c1-12(2)5-6-14(13-4-3-7-16-13)17-10-8-15-9-11-17;;/h3-4,7,12,14-16H,5-6,8-11H2,1-2H3;2*1H/t14-;;/m0../s1. The molecule has 0 amide bonds. The summed E-state index contributed by atoms with van der Waals surface area (Å²) in [5.74, 6) is 0.787. The van der Waals surface area contributed by atoms with Crippen LogP contribution in [0.25, 0.3) is 0 Å². The normalized spacial score (nSPS) is 17.6. The van der Waals surface area contributed by atoms with Crippen LogP contribution >= 0.6 is 24.8 Å². The highest BCUT2D eigenvalue weighted by molar-refractivity contribution is 5.85. The maximum Gasteiger partial charge on any atom is 0.0499 e. The lowest BCUT2D eigenvalue weighted by Crippen LogP contribution is -2.45. The van der Waals surface area contributed by atoms with E-state index < -0.39 is 0 Å². The van der Waals surface area contributed by atoms with E-state index in [1.807, 2.05) is 6.20 Å². The summed E-state index contributed by atoms with van der Waals surface area (Å²) in [5.41, 5.74) is 1.38. The molecule has 1 aliphatic rings. The van der Waals surface area contributed by atoms with E-state index in [-0.39, 0.29) is 24.8 Å². The van der Waals surface area contributed by atoms with Gasteiger partial charge < -0.3 is 10.3 Å². The molecule has 1 aromatic heterocycles. The average molecular weight is 308 g/mol. The number of aromatic amines is 1. The summed E-state index contributed by atoms with van der Waals surface area (Å²) >= 11 is 0. The predicted octanol–water partition coefficient (Wildman–Crippen LogP) is 3.24. The van der Waals surface area contributed by atoms with Crippen LogP contribution < -0.4 is 5.32 Å².